The van der Waals surface area contributed by atoms with Gasteiger partial charge in [-0.3, -0.25) is 4.68 Å². The number of rotatable bonds is 5. The number of aryl methyl sites for hydroxylation is 1. The molecule has 7 heteroatoms. The van der Waals surface area contributed by atoms with Crippen molar-refractivity contribution in [3.05, 3.63) is 72.9 Å². The van der Waals surface area contributed by atoms with E-state index in [4.69, 9.17) is 0 Å². The van der Waals surface area contributed by atoms with Crippen molar-refractivity contribution in [3.63, 3.8) is 0 Å². The Labute approximate surface area is 161 Å². The molecule has 0 bridgehead atoms. The minimum Gasteiger partial charge on any atom is -0.587 e. The zero-order valence-corrected chi connectivity index (χ0v) is 16.1. The summed E-state index contributed by atoms with van der Waals surface area (Å²) in [6.45, 7) is 0.753. The molecule has 0 aliphatic heterocycles. The molecule has 0 saturated carbocycles. The number of hydrogen-bond acceptors (Lipinski definition) is 2. The maximum atomic E-state index is 13.9. The normalized spacial score (nSPS) is 12.6. The number of nitrogens with zero attached hydrogens (tertiary/aromatic N) is 3. The SMILES string of the molecule is [O-][S+](c1ccccc1)n1cc(-c2cnn(CCBr)c2)c2ccc(F)cc21. The third kappa shape index (κ3) is 3.18. The summed E-state index contributed by atoms with van der Waals surface area (Å²) in [5.41, 5.74) is 2.38. The van der Waals surface area contributed by atoms with Crippen molar-refractivity contribution in [1.29, 1.82) is 0 Å². The molecule has 2 heterocycles. The highest BCUT2D eigenvalue weighted by atomic mass is 79.9. The second-order valence-corrected chi connectivity index (χ2v) is 7.93. The van der Waals surface area contributed by atoms with Crippen LogP contribution in [0.25, 0.3) is 22.0 Å². The van der Waals surface area contributed by atoms with Gasteiger partial charge in [0.05, 0.1) is 18.9 Å². The Bertz CT molecular complexity index is 1050. The van der Waals surface area contributed by atoms with Gasteiger partial charge in [0.1, 0.15) is 22.7 Å². The lowest BCUT2D eigenvalue weighted by Crippen LogP contribution is -2.11. The summed E-state index contributed by atoms with van der Waals surface area (Å²) in [7, 11) is 0. The van der Waals surface area contributed by atoms with E-state index < -0.39 is 11.4 Å². The number of benzene rings is 2. The molecule has 4 rings (SSSR count). The summed E-state index contributed by atoms with van der Waals surface area (Å²) in [5, 5.41) is 5.99. The molecule has 0 fully saturated rings. The van der Waals surface area contributed by atoms with E-state index in [2.05, 4.69) is 21.0 Å². The van der Waals surface area contributed by atoms with Gasteiger partial charge in [-0.1, -0.05) is 34.1 Å². The Morgan fingerprint density at radius 3 is 2.69 bits per heavy atom. The molecule has 2 aromatic heterocycles. The number of alkyl halides is 1. The summed E-state index contributed by atoms with van der Waals surface area (Å²) in [4.78, 5) is 0.662. The third-order valence-electron chi connectivity index (χ3n) is 4.12. The molecule has 0 spiro atoms. The number of halogens is 2. The Balaban J connectivity index is 1.87. The molecule has 4 aromatic rings. The average Bonchev–Trinajstić information content (AvgIpc) is 3.26. The first-order valence-electron chi connectivity index (χ1n) is 8.04. The maximum absolute atomic E-state index is 13.9. The van der Waals surface area contributed by atoms with Gasteiger partial charge < -0.3 is 4.55 Å². The average molecular weight is 432 g/mol. The van der Waals surface area contributed by atoms with E-state index in [1.807, 2.05) is 35.3 Å². The van der Waals surface area contributed by atoms with Gasteiger partial charge in [-0.05, 0) is 24.3 Å². The van der Waals surface area contributed by atoms with Gasteiger partial charge in [0, 0.05) is 34.1 Å². The monoisotopic (exact) mass is 431 g/mol. The minimum atomic E-state index is -1.46. The first-order chi connectivity index (χ1) is 12.7. The predicted octanol–water partition coefficient (Wildman–Crippen LogP) is 4.61. The van der Waals surface area contributed by atoms with Crippen LogP contribution >= 0.6 is 15.9 Å². The largest absolute Gasteiger partial charge is 0.587 e. The molecule has 0 N–H and O–H groups in total. The molecule has 132 valence electrons. The van der Waals surface area contributed by atoms with Gasteiger partial charge in [-0.25, -0.2) is 4.39 Å². The van der Waals surface area contributed by atoms with Gasteiger partial charge in [-0.2, -0.15) is 9.07 Å². The van der Waals surface area contributed by atoms with Crippen LogP contribution < -0.4 is 0 Å². The Kier molecular flexibility index (Phi) is 4.84. The van der Waals surface area contributed by atoms with Gasteiger partial charge >= 0.3 is 0 Å². The smallest absolute Gasteiger partial charge is 0.180 e. The molecule has 0 radical (unpaired) electrons. The standard InChI is InChI=1S/C19H15BrFN3OS/c20-8-9-23-12-14(11-22-23)18-13-24(19-10-15(21)6-7-17(18)19)26(25)16-4-2-1-3-5-16/h1-7,10-13H,8-9H2. The van der Waals surface area contributed by atoms with Crippen molar-refractivity contribution < 1.29 is 8.94 Å². The molecule has 1 atom stereocenters. The van der Waals surface area contributed by atoms with E-state index in [0.29, 0.717) is 10.4 Å². The van der Waals surface area contributed by atoms with Crippen molar-refractivity contribution in [2.45, 2.75) is 11.4 Å². The van der Waals surface area contributed by atoms with Gasteiger partial charge in [0.15, 0.2) is 4.90 Å². The molecule has 2 aromatic carbocycles. The van der Waals surface area contributed by atoms with Crippen LogP contribution in [0.2, 0.25) is 0 Å². The lowest BCUT2D eigenvalue weighted by atomic mass is 10.1. The molecule has 26 heavy (non-hydrogen) atoms. The van der Waals surface area contributed by atoms with E-state index in [1.54, 1.807) is 28.4 Å². The van der Waals surface area contributed by atoms with E-state index >= 15 is 0 Å². The molecule has 0 aliphatic rings. The number of fused-ring (bicyclic) bond motifs is 1. The molecular formula is C19H15BrFN3OS. The highest BCUT2D eigenvalue weighted by Crippen LogP contribution is 2.33. The quantitative estimate of drug-likeness (QED) is 0.342. The van der Waals surface area contributed by atoms with E-state index in [9.17, 15) is 8.94 Å². The summed E-state index contributed by atoms with van der Waals surface area (Å²) in [6, 6.07) is 13.7. The first-order valence-corrected chi connectivity index (χ1v) is 10.3. The Morgan fingerprint density at radius 1 is 1.12 bits per heavy atom. The fraction of sp³-hybridized carbons (Fsp3) is 0.105. The second-order valence-electron chi connectivity index (χ2n) is 5.77. The predicted molar refractivity (Wildman–Crippen MR) is 105 cm³/mol. The maximum Gasteiger partial charge on any atom is 0.180 e. The minimum absolute atomic E-state index is 0.358. The fourth-order valence-electron chi connectivity index (χ4n) is 2.90. The van der Waals surface area contributed by atoms with Crippen molar-refractivity contribution in [3.8, 4) is 11.1 Å². The Hall–Kier alpha value is -2.09. The van der Waals surface area contributed by atoms with Crippen LogP contribution in [0, 0.1) is 5.82 Å². The first kappa shape index (κ1) is 17.3. The van der Waals surface area contributed by atoms with Crippen molar-refractivity contribution in [2.75, 3.05) is 5.33 Å². The fourth-order valence-corrected chi connectivity index (χ4v) is 4.41. The van der Waals surface area contributed by atoms with Gasteiger partial charge in [-0.15, -0.1) is 0 Å². The summed E-state index contributed by atoms with van der Waals surface area (Å²) < 4.78 is 30.4. The van der Waals surface area contributed by atoms with E-state index in [1.165, 1.54) is 12.1 Å². The second kappa shape index (κ2) is 7.26. The van der Waals surface area contributed by atoms with E-state index in [0.717, 1.165) is 28.4 Å². The van der Waals surface area contributed by atoms with Crippen molar-refractivity contribution in [2.24, 2.45) is 0 Å². The van der Waals surface area contributed by atoms with Crippen LogP contribution in [0.15, 0.2) is 72.0 Å². The summed E-state index contributed by atoms with van der Waals surface area (Å²) in [5.74, 6) is -0.358. The number of aromatic nitrogens is 3. The van der Waals surface area contributed by atoms with E-state index in [-0.39, 0.29) is 5.82 Å². The van der Waals surface area contributed by atoms with Crippen LogP contribution in [0.4, 0.5) is 4.39 Å². The zero-order chi connectivity index (χ0) is 18.1. The Morgan fingerprint density at radius 2 is 1.92 bits per heavy atom. The summed E-state index contributed by atoms with van der Waals surface area (Å²) in [6.07, 6.45) is 5.52. The molecule has 0 amide bonds. The van der Waals surface area contributed by atoms with Crippen LogP contribution in [0.5, 0.6) is 0 Å². The van der Waals surface area contributed by atoms with Gasteiger partial charge in [0.2, 0.25) is 0 Å². The van der Waals surface area contributed by atoms with Crippen molar-refractivity contribution in [1.82, 2.24) is 13.8 Å². The third-order valence-corrected chi connectivity index (χ3v) is 5.80. The van der Waals surface area contributed by atoms with Crippen molar-refractivity contribution >= 4 is 38.2 Å². The van der Waals surface area contributed by atoms with Gasteiger partial charge in [0.25, 0.3) is 0 Å². The molecule has 1 unspecified atom stereocenters. The number of hydrogen-bond donors (Lipinski definition) is 0. The van der Waals surface area contributed by atoms with Crippen LogP contribution in [-0.4, -0.2) is 23.6 Å². The van der Waals surface area contributed by atoms with Crippen LogP contribution in [0.1, 0.15) is 0 Å². The zero-order valence-electron chi connectivity index (χ0n) is 13.7. The van der Waals surface area contributed by atoms with Crippen LogP contribution in [0.3, 0.4) is 0 Å². The molecule has 0 saturated heterocycles. The highest BCUT2D eigenvalue weighted by molar-refractivity contribution is 9.09. The summed E-state index contributed by atoms with van der Waals surface area (Å²) >= 11 is 1.94. The topological polar surface area (TPSA) is 45.8 Å². The molecule has 4 nitrogen and oxygen atoms in total. The lowest BCUT2D eigenvalue weighted by molar-refractivity contribution is 0.588. The van der Waals surface area contributed by atoms with Crippen LogP contribution in [-0.2, 0) is 17.9 Å². The highest BCUT2D eigenvalue weighted by Gasteiger charge is 2.21. The molecule has 0 aliphatic carbocycles. The lowest BCUT2D eigenvalue weighted by Gasteiger charge is -2.11. The molecular weight excluding hydrogens is 417 g/mol.